The Kier molecular flexibility index (Phi) is 5.13. The number of benzene rings is 1. The number of likely N-dealkylation sites (tertiary alicyclic amines) is 1. The Morgan fingerprint density at radius 2 is 2.00 bits per heavy atom. The van der Waals surface area contributed by atoms with Gasteiger partial charge in [-0.1, -0.05) is 26.0 Å². The Bertz CT molecular complexity index is 762. The number of carboxylic acid groups (broad SMARTS) is 1. The first-order chi connectivity index (χ1) is 12.8. The van der Waals surface area contributed by atoms with Gasteiger partial charge in [-0.25, -0.2) is 0 Å². The zero-order valence-electron chi connectivity index (χ0n) is 16.0. The number of carbonyl (C=O) groups excluding carboxylic acids is 2. The number of hydrogen-bond acceptors (Lipinski definition) is 4. The van der Waals surface area contributed by atoms with Gasteiger partial charge in [0.25, 0.3) is 0 Å². The van der Waals surface area contributed by atoms with Gasteiger partial charge in [0.1, 0.15) is 5.75 Å². The topological polar surface area (TPSA) is 87.2 Å². The Labute approximate surface area is 158 Å². The molecule has 2 aliphatic heterocycles. The number of methoxy groups -OCH3 is 1. The van der Waals surface area contributed by atoms with Crippen molar-refractivity contribution in [3.63, 3.8) is 0 Å². The molecule has 3 rings (SSSR count). The predicted molar refractivity (Wildman–Crippen MR) is 99.6 cm³/mol. The van der Waals surface area contributed by atoms with Crippen LogP contribution in [0.5, 0.6) is 5.75 Å². The van der Waals surface area contributed by atoms with Crippen molar-refractivity contribution in [2.75, 3.05) is 31.6 Å². The van der Waals surface area contributed by atoms with Crippen LogP contribution in [0.4, 0.5) is 5.69 Å². The highest BCUT2D eigenvalue weighted by molar-refractivity contribution is 6.01. The van der Waals surface area contributed by atoms with E-state index in [-0.39, 0.29) is 37.2 Å². The van der Waals surface area contributed by atoms with Crippen molar-refractivity contribution in [3.8, 4) is 5.75 Å². The van der Waals surface area contributed by atoms with Crippen molar-refractivity contribution in [2.24, 2.45) is 17.3 Å². The van der Waals surface area contributed by atoms with Gasteiger partial charge in [0.15, 0.2) is 0 Å². The molecule has 2 saturated heterocycles. The van der Waals surface area contributed by atoms with Gasteiger partial charge in [0.05, 0.1) is 24.1 Å². The maximum atomic E-state index is 13.0. The van der Waals surface area contributed by atoms with Crippen LogP contribution in [-0.2, 0) is 14.4 Å². The second-order valence-electron chi connectivity index (χ2n) is 7.70. The molecule has 146 valence electrons. The highest BCUT2D eigenvalue weighted by Gasteiger charge is 2.50. The van der Waals surface area contributed by atoms with Crippen molar-refractivity contribution in [1.29, 1.82) is 0 Å². The van der Waals surface area contributed by atoms with Crippen LogP contribution in [0.25, 0.3) is 0 Å². The third-order valence-corrected chi connectivity index (χ3v) is 5.99. The van der Waals surface area contributed by atoms with Crippen molar-refractivity contribution < 1.29 is 24.2 Å². The Hall–Kier alpha value is -2.57. The highest BCUT2D eigenvalue weighted by atomic mass is 16.5. The minimum absolute atomic E-state index is 0.0666. The van der Waals surface area contributed by atoms with E-state index < -0.39 is 17.3 Å². The first kappa shape index (κ1) is 19.2. The summed E-state index contributed by atoms with van der Waals surface area (Å²) in [6.45, 7) is 4.67. The van der Waals surface area contributed by atoms with Crippen LogP contribution in [0.1, 0.15) is 26.7 Å². The molecule has 1 aromatic rings. The maximum Gasteiger partial charge on any atom is 0.311 e. The molecule has 0 spiro atoms. The number of amides is 2. The summed E-state index contributed by atoms with van der Waals surface area (Å²) in [6.07, 6.45) is 0.581. The molecule has 0 bridgehead atoms. The SMILES string of the molecule is COc1ccccc1N1CC(C(=O)N2CCC(C(=O)O)(C(C)C)C2)CC1=O. The van der Waals surface area contributed by atoms with Crippen LogP contribution >= 0.6 is 0 Å². The Morgan fingerprint density at radius 1 is 1.30 bits per heavy atom. The first-order valence-corrected chi connectivity index (χ1v) is 9.25. The first-order valence-electron chi connectivity index (χ1n) is 9.25. The van der Waals surface area contributed by atoms with E-state index in [4.69, 9.17) is 4.74 Å². The molecule has 2 amide bonds. The van der Waals surface area contributed by atoms with Gasteiger partial charge in [-0.05, 0) is 24.5 Å². The normalized spacial score (nSPS) is 25.3. The van der Waals surface area contributed by atoms with E-state index in [1.54, 1.807) is 29.0 Å². The monoisotopic (exact) mass is 374 g/mol. The molecule has 0 radical (unpaired) electrons. The summed E-state index contributed by atoms with van der Waals surface area (Å²) in [5.74, 6) is -1.05. The van der Waals surface area contributed by atoms with E-state index in [1.807, 2.05) is 26.0 Å². The largest absolute Gasteiger partial charge is 0.495 e. The van der Waals surface area contributed by atoms with Gasteiger partial charge >= 0.3 is 5.97 Å². The Balaban J connectivity index is 1.74. The number of hydrogen-bond donors (Lipinski definition) is 1. The fraction of sp³-hybridized carbons (Fsp3) is 0.550. The summed E-state index contributed by atoms with van der Waals surface area (Å²) in [6, 6.07) is 7.23. The highest BCUT2D eigenvalue weighted by Crippen LogP contribution is 2.40. The molecular formula is C20H26N2O5. The van der Waals surface area contributed by atoms with E-state index >= 15 is 0 Å². The molecule has 2 atom stereocenters. The smallest absolute Gasteiger partial charge is 0.311 e. The minimum atomic E-state index is -0.902. The van der Waals surface area contributed by atoms with Crippen LogP contribution in [-0.4, -0.2) is 54.5 Å². The summed E-state index contributed by atoms with van der Waals surface area (Å²) >= 11 is 0. The van der Waals surface area contributed by atoms with Crippen molar-refractivity contribution in [3.05, 3.63) is 24.3 Å². The molecule has 0 aliphatic carbocycles. The lowest BCUT2D eigenvalue weighted by Gasteiger charge is -2.29. The molecule has 2 heterocycles. The third-order valence-electron chi connectivity index (χ3n) is 5.99. The number of carbonyl (C=O) groups is 3. The summed E-state index contributed by atoms with van der Waals surface area (Å²) in [7, 11) is 1.55. The lowest BCUT2D eigenvalue weighted by Crippen LogP contribution is -2.42. The fourth-order valence-electron chi connectivity index (χ4n) is 4.13. The number of rotatable bonds is 5. The Morgan fingerprint density at radius 3 is 2.59 bits per heavy atom. The van der Waals surface area contributed by atoms with Gasteiger partial charge in [0, 0.05) is 26.1 Å². The van der Waals surface area contributed by atoms with E-state index in [2.05, 4.69) is 0 Å². The number of anilines is 1. The summed E-state index contributed by atoms with van der Waals surface area (Å²) in [5, 5.41) is 9.68. The van der Waals surface area contributed by atoms with Gasteiger partial charge in [-0.3, -0.25) is 14.4 Å². The molecule has 2 fully saturated rings. The molecule has 7 heteroatoms. The molecule has 0 saturated carbocycles. The lowest BCUT2D eigenvalue weighted by atomic mass is 9.76. The quantitative estimate of drug-likeness (QED) is 0.852. The molecular weight excluding hydrogens is 348 g/mol. The lowest BCUT2D eigenvalue weighted by molar-refractivity contribution is -0.151. The van der Waals surface area contributed by atoms with Crippen molar-refractivity contribution in [1.82, 2.24) is 4.90 Å². The molecule has 1 aromatic carbocycles. The van der Waals surface area contributed by atoms with Crippen LogP contribution in [0.2, 0.25) is 0 Å². The van der Waals surface area contributed by atoms with E-state index in [9.17, 15) is 19.5 Å². The standard InChI is InChI=1S/C20H26N2O5/c1-13(2)20(19(25)26)8-9-21(12-20)18(24)14-10-17(23)22(11-14)15-6-4-5-7-16(15)27-3/h4-7,13-14H,8-12H2,1-3H3,(H,25,26). The van der Waals surface area contributed by atoms with E-state index in [0.29, 0.717) is 24.4 Å². The van der Waals surface area contributed by atoms with Crippen LogP contribution in [0, 0.1) is 17.3 Å². The van der Waals surface area contributed by atoms with Crippen LogP contribution < -0.4 is 9.64 Å². The van der Waals surface area contributed by atoms with Gasteiger partial charge in [-0.2, -0.15) is 0 Å². The summed E-state index contributed by atoms with van der Waals surface area (Å²) < 4.78 is 5.33. The van der Waals surface area contributed by atoms with Gasteiger partial charge in [-0.15, -0.1) is 0 Å². The van der Waals surface area contributed by atoms with Gasteiger partial charge < -0.3 is 19.6 Å². The second-order valence-corrected chi connectivity index (χ2v) is 7.70. The molecule has 2 unspecified atom stereocenters. The summed E-state index contributed by atoms with van der Waals surface area (Å²) in [5.41, 5.74) is -0.246. The number of ether oxygens (including phenoxy) is 1. The molecule has 1 N–H and O–H groups in total. The number of carboxylic acids is 1. The molecule has 27 heavy (non-hydrogen) atoms. The fourth-order valence-corrected chi connectivity index (χ4v) is 4.13. The average molecular weight is 374 g/mol. The van der Waals surface area contributed by atoms with Crippen molar-refractivity contribution >= 4 is 23.5 Å². The van der Waals surface area contributed by atoms with Crippen LogP contribution in [0.3, 0.4) is 0 Å². The maximum absolute atomic E-state index is 13.0. The second kappa shape index (κ2) is 7.21. The molecule has 7 nitrogen and oxygen atoms in total. The van der Waals surface area contributed by atoms with Crippen molar-refractivity contribution in [2.45, 2.75) is 26.7 Å². The van der Waals surface area contributed by atoms with E-state index in [0.717, 1.165) is 0 Å². The zero-order valence-corrected chi connectivity index (χ0v) is 16.0. The zero-order chi connectivity index (χ0) is 19.8. The molecule has 2 aliphatic rings. The van der Waals surface area contributed by atoms with E-state index in [1.165, 1.54) is 0 Å². The predicted octanol–water partition coefficient (Wildman–Crippen LogP) is 2.01. The minimum Gasteiger partial charge on any atom is -0.495 e. The number of aliphatic carboxylic acids is 1. The average Bonchev–Trinajstić information content (AvgIpc) is 3.26. The number of nitrogens with zero attached hydrogens (tertiary/aromatic N) is 2. The summed E-state index contributed by atoms with van der Waals surface area (Å²) in [4.78, 5) is 40.5. The van der Waals surface area contributed by atoms with Crippen LogP contribution in [0.15, 0.2) is 24.3 Å². The van der Waals surface area contributed by atoms with Gasteiger partial charge in [0.2, 0.25) is 11.8 Å². The molecule has 0 aromatic heterocycles. The third kappa shape index (κ3) is 3.26. The number of para-hydroxylation sites is 2.